The van der Waals surface area contributed by atoms with E-state index in [-0.39, 0.29) is 12.1 Å². The maximum Gasteiger partial charge on any atom is 0.333 e. The van der Waals surface area contributed by atoms with Crippen molar-refractivity contribution in [1.82, 2.24) is 9.03 Å². The number of hydrogen-bond acceptors (Lipinski definition) is 3. The number of aryl methyl sites for hydroxylation is 2. The molecule has 0 saturated carbocycles. The molecule has 0 bridgehead atoms. The van der Waals surface area contributed by atoms with Gasteiger partial charge in [0.25, 0.3) is 0 Å². The maximum absolute atomic E-state index is 12.9. The fraction of sp³-hybridized carbons (Fsp3) is 0.667. The van der Waals surface area contributed by atoms with Gasteiger partial charge in [-0.15, -0.1) is 0 Å². The summed E-state index contributed by atoms with van der Waals surface area (Å²) in [6.45, 7) is 5.98. The predicted molar refractivity (Wildman–Crippen MR) is 111 cm³/mol. The van der Waals surface area contributed by atoms with Crippen LogP contribution in [0.4, 0.5) is 10.5 Å². The Hall–Kier alpha value is -1.60. The Kier molecular flexibility index (Phi) is 5.16. The second-order valence-electron chi connectivity index (χ2n) is 8.90. The van der Waals surface area contributed by atoms with Gasteiger partial charge in [0.2, 0.25) is 0 Å². The Morgan fingerprint density at radius 3 is 2.04 bits per heavy atom. The summed E-state index contributed by atoms with van der Waals surface area (Å²) >= 11 is 0. The van der Waals surface area contributed by atoms with E-state index in [1.54, 1.807) is 0 Å². The first kappa shape index (κ1) is 19.7. The van der Waals surface area contributed by atoms with Gasteiger partial charge in [0.05, 0.1) is 0 Å². The lowest BCUT2D eigenvalue weighted by Crippen LogP contribution is -2.55. The molecule has 0 radical (unpaired) electrons. The number of piperidine rings is 1. The molecule has 3 aliphatic rings. The molecule has 2 N–H and O–H groups in total. The number of carbonyl (C=O) groups is 1. The second-order valence-corrected chi connectivity index (χ2v) is 10.5. The summed E-state index contributed by atoms with van der Waals surface area (Å²) in [4.78, 5) is 12.7. The number of fused-ring (bicyclic) bond motifs is 2. The zero-order valence-electron chi connectivity index (χ0n) is 17.0. The molecule has 7 heteroatoms. The largest absolute Gasteiger partial charge is 0.333 e. The van der Waals surface area contributed by atoms with Crippen molar-refractivity contribution in [3.05, 3.63) is 28.3 Å². The van der Waals surface area contributed by atoms with Crippen LogP contribution in [-0.4, -0.2) is 30.8 Å². The van der Waals surface area contributed by atoms with Crippen molar-refractivity contribution in [2.75, 3.05) is 5.32 Å². The Labute approximate surface area is 168 Å². The number of hydrogen-bond donors (Lipinski definition) is 2. The Morgan fingerprint density at radius 1 is 0.964 bits per heavy atom. The third kappa shape index (κ3) is 3.54. The highest BCUT2D eigenvalue weighted by Crippen LogP contribution is 2.38. The molecule has 0 spiro atoms. The van der Waals surface area contributed by atoms with E-state index in [1.807, 2.05) is 13.8 Å². The van der Waals surface area contributed by atoms with Gasteiger partial charge in [0.15, 0.2) is 0 Å². The Bertz CT molecular complexity index is 852. The van der Waals surface area contributed by atoms with Crippen molar-refractivity contribution in [2.45, 2.75) is 84.2 Å². The fourth-order valence-electron chi connectivity index (χ4n) is 5.65. The minimum Gasteiger partial charge on any atom is -0.307 e. The Balaban J connectivity index is 1.54. The van der Waals surface area contributed by atoms with Crippen LogP contribution in [0.2, 0.25) is 0 Å². The van der Waals surface area contributed by atoms with Crippen LogP contribution in [0.5, 0.6) is 0 Å². The van der Waals surface area contributed by atoms with E-state index in [4.69, 9.17) is 0 Å². The molecule has 2 amide bonds. The summed E-state index contributed by atoms with van der Waals surface area (Å²) in [7, 11) is -3.88. The smallest absolute Gasteiger partial charge is 0.307 e. The van der Waals surface area contributed by atoms with Crippen LogP contribution in [0.3, 0.4) is 0 Å². The van der Waals surface area contributed by atoms with Crippen molar-refractivity contribution in [1.29, 1.82) is 0 Å². The molecule has 1 fully saturated rings. The molecule has 28 heavy (non-hydrogen) atoms. The topological polar surface area (TPSA) is 78.5 Å². The van der Waals surface area contributed by atoms with Crippen LogP contribution in [0.1, 0.15) is 68.7 Å². The standard InChI is InChI=1S/C21H31N3O3S/c1-13-10-14(2)24(15(3)11-13)28(26,27)23-21(25)22-20-18-8-4-6-16(18)12-17-7-5-9-19(17)20/h12-15H,4-11H2,1-3H3,(H2,22,23,25). The summed E-state index contributed by atoms with van der Waals surface area (Å²) < 4.78 is 29.6. The number of rotatable bonds is 3. The molecular weight excluding hydrogens is 374 g/mol. The highest BCUT2D eigenvalue weighted by molar-refractivity contribution is 7.87. The summed E-state index contributed by atoms with van der Waals surface area (Å²) in [5.41, 5.74) is 5.88. The number of carbonyl (C=O) groups excluding carboxylic acids is 1. The number of amides is 2. The first-order chi connectivity index (χ1) is 13.3. The van der Waals surface area contributed by atoms with Crippen molar-refractivity contribution in [2.24, 2.45) is 5.92 Å². The minimum atomic E-state index is -3.88. The van der Waals surface area contributed by atoms with Gasteiger partial charge in [-0.1, -0.05) is 13.0 Å². The van der Waals surface area contributed by atoms with Crippen molar-refractivity contribution in [3.8, 4) is 0 Å². The van der Waals surface area contributed by atoms with Crippen molar-refractivity contribution < 1.29 is 13.2 Å². The zero-order valence-corrected chi connectivity index (χ0v) is 17.9. The van der Waals surface area contributed by atoms with E-state index >= 15 is 0 Å². The third-order valence-electron chi connectivity index (χ3n) is 6.57. The average Bonchev–Trinajstić information content (AvgIpc) is 3.21. The van der Waals surface area contributed by atoms with Gasteiger partial charge in [-0.05, 0) is 93.4 Å². The molecule has 1 aromatic rings. The SMILES string of the molecule is CC1CC(C)N(S(=O)(=O)NC(=O)Nc2c3c(cc4c2CCC4)CCC3)C(C)C1. The van der Waals surface area contributed by atoms with Crippen molar-refractivity contribution >= 4 is 21.9 Å². The molecule has 0 aromatic heterocycles. The van der Waals surface area contributed by atoms with Gasteiger partial charge < -0.3 is 5.32 Å². The van der Waals surface area contributed by atoms with E-state index in [1.165, 1.54) is 26.6 Å². The molecule has 4 rings (SSSR count). The summed E-state index contributed by atoms with van der Waals surface area (Å²) in [5.74, 6) is 0.486. The first-order valence-electron chi connectivity index (χ1n) is 10.5. The second kappa shape index (κ2) is 7.34. The van der Waals surface area contributed by atoms with Crippen molar-refractivity contribution in [3.63, 3.8) is 0 Å². The lowest BCUT2D eigenvalue weighted by atomic mass is 9.91. The molecular formula is C21H31N3O3S. The van der Waals surface area contributed by atoms with E-state index in [9.17, 15) is 13.2 Å². The van der Waals surface area contributed by atoms with Crippen LogP contribution < -0.4 is 10.0 Å². The molecule has 2 atom stereocenters. The van der Waals surface area contributed by atoms with Crippen LogP contribution in [0.25, 0.3) is 0 Å². The van der Waals surface area contributed by atoms with Gasteiger partial charge in [0.1, 0.15) is 0 Å². The van der Waals surface area contributed by atoms with Gasteiger partial charge in [-0.2, -0.15) is 12.7 Å². The summed E-state index contributed by atoms with van der Waals surface area (Å²) in [6.07, 6.45) is 7.78. The van der Waals surface area contributed by atoms with Crippen LogP contribution in [0, 0.1) is 5.92 Å². The van der Waals surface area contributed by atoms with Gasteiger partial charge in [0, 0.05) is 17.8 Å². The molecule has 154 valence electrons. The quantitative estimate of drug-likeness (QED) is 0.807. The number of nitrogens with one attached hydrogen (secondary N) is 2. The maximum atomic E-state index is 12.9. The highest BCUT2D eigenvalue weighted by atomic mass is 32.2. The lowest BCUT2D eigenvalue weighted by molar-refractivity contribution is 0.161. The van der Waals surface area contributed by atoms with E-state index in [0.29, 0.717) is 5.92 Å². The lowest BCUT2D eigenvalue weighted by Gasteiger charge is -2.40. The molecule has 6 nitrogen and oxygen atoms in total. The van der Waals surface area contributed by atoms with Gasteiger partial charge in [-0.3, -0.25) is 0 Å². The number of nitrogens with zero attached hydrogens (tertiary/aromatic N) is 1. The van der Waals surface area contributed by atoms with Crippen LogP contribution in [-0.2, 0) is 35.9 Å². The molecule has 1 saturated heterocycles. The zero-order chi connectivity index (χ0) is 20.1. The number of anilines is 1. The van der Waals surface area contributed by atoms with E-state index in [0.717, 1.165) is 57.1 Å². The minimum absolute atomic E-state index is 0.116. The number of urea groups is 1. The first-order valence-corrected chi connectivity index (χ1v) is 12.0. The monoisotopic (exact) mass is 405 g/mol. The van der Waals surface area contributed by atoms with Crippen LogP contribution in [0.15, 0.2) is 6.07 Å². The van der Waals surface area contributed by atoms with Crippen LogP contribution >= 0.6 is 0 Å². The van der Waals surface area contributed by atoms with E-state index < -0.39 is 16.2 Å². The Morgan fingerprint density at radius 2 is 1.50 bits per heavy atom. The average molecular weight is 406 g/mol. The normalized spacial score (nSPS) is 27.3. The molecule has 1 heterocycles. The summed E-state index contributed by atoms with van der Waals surface area (Å²) in [5, 5.41) is 2.92. The molecule has 2 unspecified atom stereocenters. The van der Waals surface area contributed by atoms with Gasteiger partial charge in [-0.25, -0.2) is 9.52 Å². The molecule has 1 aromatic carbocycles. The van der Waals surface area contributed by atoms with Gasteiger partial charge >= 0.3 is 16.2 Å². The molecule has 2 aliphatic carbocycles. The molecule has 1 aliphatic heterocycles. The third-order valence-corrected chi connectivity index (χ3v) is 8.28. The fourth-order valence-corrected chi connectivity index (χ4v) is 7.16. The van der Waals surface area contributed by atoms with E-state index in [2.05, 4.69) is 23.0 Å². The highest BCUT2D eigenvalue weighted by Gasteiger charge is 2.38. The summed E-state index contributed by atoms with van der Waals surface area (Å²) in [6, 6.07) is 1.42. The predicted octanol–water partition coefficient (Wildman–Crippen LogP) is 3.54. The number of benzene rings is 1.